The molecule has 1 aromatic carbocycles. The van der Waals surface area contributed by atoms with E-state index in [1.54, 1.807) is 0 Å². The van der Waals surface area contributed by atoms with Crippen LogP contribution in [0.1, 0.15) is 24.9 Å². The molecule has 3 N–H and O–H groups in total. The molecule has 1 unspecified atom stereocenters. The van der Waals surface area contributed by atoms with E-state index < -0.39 is 0 Å². The standard InChI is InChI=1S/C9H12Br2N2/c1-2-9(13-12)7-5-6(10)3-4-8(7)11/h3-5,9,13H,2,12H2,1H3. The smallest absolute Gasteiger partial charge is 0.0468 e. The second kappa shape index (κ2) is 5.10. The minimum atomic E-state index is 0.201. The summed E-state index contributed by atoms with van der Waals surface area (Å²) in [7, 11) is 0. The maximum Gasteiger partial charge on any atom is 0.0468 e. The lowest BCUT2D eigenvalue weighted by Crippen LogP contribution is -2.27. The number of halogens is 2. The molecule has 0 aromatic heterocycles. The third kappa shape index (κ3) is 2.77. The molecule has 0 saturated heterocycles. The molecule has 4 heteroatoms. The van der Waals surface area contributed by atoms with E-state index in [1.807, 2.05) is 12.1 Å². The van der Waals surface area contributed by atoms with Crippen LogP contribution in [0.25, 0.3) is 0 Å². The fourth-order valence-electron chi connectivity index (χ4n) is 1.21. The van der Waals surface area contributed by atoms with Gasteiger partial charge in [0.2, 0.25) is 0 Å². The summed E-state index contributed by atoms with van der Waals surface area (Å²) in [6.45, 7) is 2.10. The first-order chi connectivity index (χ1) is 6.19. The Kier molecular flexibility index (Phi) is 4.38. The second-order valence-electron chi connectivity index (χ2n) is 2.79. The van der Waals surface area contributed by atoms with Gasteiger partial charge in [-0.25, -0.2) is 0 Å². The molecule has 1 rings (SSSR count). The van der Waals surface area contributed by atoms with Crippen LogP contribution in [0, 0.1) is 0 Å². The zero-order valence-corrected chi connectivity index (χ0v) is 10.5. The van der Waals surface area contributed by atoms with Crippen LogP contribution in [-0.4, -0.2) is 0 Å². The average Bonchev–Trinajstić information content (AvgIpc) is 2.13. The number of benzene rings is 1. The lowest BCUT2D eigenvalue weighted by molar-refractivity contribution is 0.537. The highest BCUT2D eigenvalue weighted by Gasteiger charge is 2.10. The monoisotopic (exact) mass is 306 g/mol. The Labute approximate surface area is 95.1 Å². The van der Waals surface area contributed by atoms with Gasteiger partial charge in [0, 0.05) is 15.0 Å². The van der Waals surface area contributed by atoms with Crippen LogP contribution in [-0.2, 0) is 0 Å². The Morgan fingerprint density at radius 1 is 1.46 bits per heavy atom. The normalized spacial score (nSPS) is 12.9. The minimum absolute atomic E-state index is 0.201. The molecule has 2 nitrogen and oxygen atoms in total. The van der Waals surface area contributed by atoms with Crippen molar-refractivity contribution in [2.45, 2.75) is 19.4 Å². The molecule has 72 valence electrons. The highest BCUT2D eigenvalue weighted by Crippen LogP contribution is 2.27. The van der Waals surface area contributed by atoms with Gasteiger partial charge in [-0.05, 0) is 30.2 Å². The molecule has 0 aliphatic heterocycles. The number of hydrazine groups is 1. The quantitative estimate of drug-likeness (QED) is 0.665. The van der Waals surface area contributed by atoms with Crippen molar-refractivity contribution in [1.29, 1.82) is 0 Å². The molecule has 1 atom stereocenters. The van der Waals surface area contributed by atoms with E-state index in [0.29, 0.717) is 0 Å². The molecule has 0 aliphatic carbocycles. The van der Waals surface area contributed by atoms with Gasteiger partial charge in [-0.15, -0.1) is 0 Å². The maximum atomic E-state index is 5.45. The Morgan fingerprint density at radius 3 is 2.69 bits per heavy atom. The lowest BCUT2D eigenvalue weighted by Gasteiger charge is -2.15. The molecule has 0 fully saturated rings. The van der Waals surface area contributed by atoms with E-state index >= 15 is 0 Å². The number of nitrogens with two attached hydrogens (primary N) is 1. The van der Waals surface area contributed by atoms with Crippen molar-refractivity contribution in [3.8, 4) is 0 Å². The van der Waals surface area contributed by atoms with Gasteiger partial charge in [0.1, 0.15) is 0 Å². The molecule has 0 bridgehead atoms. The minimum Gasteiger partial charge on any atom is -0.271 e. The molecule has 0 saturated carbocycles. The first-order valence-corrected chi connectivity index (χ1v) is 5.68. The number of hydrogen-bond acceptors (Lipinski definition) is 2. The summed E-state index contributed by atoms with van der Waals surface area (Å²) in [5.41, 5.74) is 3.97. The van der Waals surface area contributed by atoms with Crippen molar-refractivity contribution in [1.82, 2.24) is 5.43 Å². The van der Waals surface area contributed by atoms with Crippen LogP contribution < -0.4 is 11.3 Å². The Balaban J connectivity index is 3.03. The van der Waals surface area contributed by atoms with E-state index in [2.05, 4.69) is 50.3 Å². The van der Waals surface area contributed by atoms with Crippen LogP contribution >= 0.6 is 31.9 Å². The summed E-state index contributed by atoms with van der Waals surface area (Å²) in [5.74, 6) is 5.45. The van der Waals surface area contributed by atoms with Gasteiger partial charge in [0.25, 0.3) is 0 Å². The van der Waals surface area contributed by atoms with Crippen molar-refractivity contribution in [3.63, 3.8) is 0 Å². The van der Waals surface area contributed by atoms with Crippen LogP contribution in [0.4, 0.5) is 0 Å². The molecular weight excluding hydrogens is 296 g/mol. The second-order valence-corrected chi connectivity index (χ2v) is 4.56. The molecule has 0 spiro atoms. The Bertz CT molecular complexity index is 285. The molecular formula is C9H12Br2N2. The number of nitrogens with one attached hydrogen (secondary N) is 1. The zero-order chi connectivity index (χ0) is 9.84. The van der Waals surface area contributed by atoms with Crippen molar-refractivity contribution < 1.29 is 0 Å². The highest BCUT2D eigenvalue weighted by atomic mass is 79.9. The molecule has 0 radical (unpaired) electrons. The fraction of sp³-hybridized carbons (Fsp3) is 0.333. The van der Waals surface area contributed by atoms with Crippen LogP contribution in [0.2, 0.25) is 0 Å². The first-order valence-electron chi connectivity index (χ1n) is 4.10. The topological polar surface area (TPSA) is 38.0 Å². The average molecular weight is 308 g/mol. The van der Waals surface area contributed by atoms with Gasteiger partial charge in [-0.3, -0.25) is 11.3 Å². The van der Waals surface area contributed by atoms with E-state index in [4.69, 9.17) is 5.84 Å². The summed E-state index contributed by atoms with van der Waals surface area (Å²) < 4.78 is 2.15. The predicted molar refractivity (Wildman–Crippen MR) is 62.2 cm³/mol. The summed E-state index contributed by atoms with van der Waals surface area (Å²) in [4.78, 5) is 0. The van der Waals surface area contributed by atoms with Crippen molar-refractivity contribution in [2.24, 2.45) is 5.84 Å². The largest absolute Gasteiger partial charge is 0.271 e. The van der Waals surface area contributed by atoms with Gasteiger partial charge in [-0.2, -0.15) is 0 Å². The van der Waals surface area contributed by atoms with E-state index in [1.165, 1.54) is 5.56 Å². The number of hydrogen-bond donors (Lipinski definition) is 2. The predicted octanol–water partition coefficient (Wildman–Crippen LogP) is 3.13. The van der Waals surface area contributed by atoms with Crippen LogP contribution in [0.15, 0.2) is 27.1 Å². The molecule has 0 aliphatic rings. The van der Waals surface area contributed by atoms with Crippen LogP contribution in [0.5, 0.6) is 0 Å². The van der Waals surface area contributed by atoms with Gasteiger partial charge < -0.3 is 0 Å². The van der Waals surface area contributed by atoms with Gasteiger partial charge in [-0.1, -0.05) is 38.8 Å². The van der Waals surface area contributed by atoms with Crippen LogP contribution in [0.3, 0.4) is 0 Å². The van der Waals surface area contributed by atoms with Gasteiger partial charge >= 0.3 is 0 Å². The summed E-state index contributed by atoms with van der Waals surface area (Å²) >= 11 is 6.93. The SMILES string of the molecule is CCC(NN)c1cc(Br)ccc1Br. The van der Waals surface area contributed by atoms with E-state index in [-0.39, 0.29) is 6.04 Å². The first kappa shape index (κ1) is 11.2. The maximum absolute atomic E-state index is 5.45. The third-order valence-corrected chi connectivity index (χ3v) is 3.16. The third-order valence-electron chi connectivity index (χ3n) is 1.94. The fourth-order valence-corrected chi connectivity index (χ4v) is 2.11. The highest BCUT2D eigenvalue weighted by molar-refractivity contribution is 9.11. The number of rotatable bonds is 3. The van der Waals surface area contributed by atoms with Gasteiger partial charge in [0.05, 0.1) is 0 Å². The summed E-state index contributed by atoms with van der Waals surface area (Å²) in [6, 6.07) is 6.28. The molecule has 1 aromatic rings. The molecule has 0 heterocycles. The molecule has 13 heavy (non-hydrogen) atoms. The zero-order valence-electron chi connectivity index (χ0n) is 7.35. The van der Waals surface area contributed by atoms with Crippen molar-refractivity contribution in [3.05, 3.63) is 32.7 Å². The van der Waals surface area contributed by atoms with Crippen molar-refractivity contribution >= 4 is 31.9 Å². The van der Waals surface area contributed by atoms with Crippen molar-refractivity contribution in [2.75, 3.05) is 0 Å². The lowest BCUT2D eigenvalue weighted by atomic mass is 10.1. The Morgan fingerprint density at radius 2 is 2.15 bits per heavy atom. The van der Waals surface area contributed by atoms with Gasteiger partial charge in [0.15, 0.2) is 0 Å². The van der Waals surface area contributed by atoms with E-state index in [9.17, 15) is 0 Å². The summed E-state index contributed by atoms with van der Waals surface area (Å²) in [5, 5.41) is 0. The Hall–Kier alpha value is 0.1000. The van der Waals surface area contributed by atoms with E-state index in [0.717, 1.165) is 15.4 Å². The molecule has 0 amide bonds. The summed E-state index contributed by atoms with van der Waals surface area (Å²) in [6.07, 6.45) is 0.964.